The summed E-state index contributed by atoms with van der Waals surface area (Å²) in [7, 11) is 0. The van der Waals surface area contributed by atoms with Crippen LogP contribution in [-0.4, -0.2) is 56.0 Å². The Morgan fingerprint density at radius 1 is 0.933 bits per heavy atom. The lowest BCUT2D eigenvalue weighted by Crippen LogP contribution is -2.47. The topological polar surface area (TPSA) is 64.7 Å². The van der Waals surface area contributed by atoms with Gasteiger partial charge in [0.25, 0.3) is 0 Å². The summed E-state index contributed by atoms with van der Waals surface area (Å²) in [6, 6.07) is 14.0. The quantitative estimate of drug-likeness (QED) is 0.521. The smallest absolute Gasteiger partial charge is 0.309 e. The van der Waals surface area contributed by atoms with Gasteiger partial charge in [0.2, 0.25) is 0 Å². The SMILES string of the molecule is O=C(NCCCN1CCN(c2ccccc2F)CC1)C(=O)NCc1ccccc1Cl. The van der Waals surface area contributed by atoms with Crippen molar-refractivity contribution in [1.82, 2.24) is 15.5 Å². The van der Waals surface area contributed by atoms with Gasteiger partial charge in [-0.15, -0.1) is 0 Å². The van der Waals surface area contributed by atoms with Crippen LogP contribution in [0.25, 0.3) is 0 Å². The van der Waals surface area contributed by atoms with Crippen LogP contribution < -0.4 is 15.5 Å². The summed E-state index contributed by atoms with van der Waals surface area (Å²) in [5.41, 5.74) is 1.40. The number of halogens is 2. The highest BCUT2D eigenvalue weighted by molar-refractivity contribution is 6.35. The second-order valence-corrected chi connectivity index (χ2v) is 7.57. The van der Waals surface area contributed by atoms with Crippen LogP contribution >= 0.6 is 11.6 Å². The van der Waals surface area contributed by atoms with Gasteiger partial charge in [0.1, 0.15) is 5.82 Å². The molecule has 0 atom stereocenters. The number of carbonyl (C=O) groups excluding carboxylic acids is 2. The fourth-order valence-electron chi connectivity index (χ4n) is 3.40. The molecule has 3 rings (SSSR count). The van der Waals surface area contributed by atoms with Crippen LogP contribution in [-0.2, 0) is 16.1 Å². The molecular formula is C22H26ClFN4O2. The zero-order chi connectivity index (χ0) is 21.3. The number of nitrogens with zero attached hydrogens (tertiary/aromatic N) is 2. The minimum atomic E-state index is -0.673. The standard InChI is InChI=1S/C22H26ClFN4O2/c23-18-7-2-1-6-17(18)16-26-22(30)21(29)25-10-5-11-27-12-14-28(15-13-27)20-9-4-3-8-19(20)24/h1-4,6-9H,5,10-16H2,(H,25,29)(H,26,30). The van der Waals surface area contributed by atoms with Gasteiger partial charge in [-0.1, -0.05) is 41.9 Å². The van der Waals surface area contributed by atoms with E-state index < -0.39 is 11.8 Å². The molecule has 1 aliphatic rings. The van der Waals surface area contributed by atoms with E-state index in [1.807, 2.05) is 12.1 Å². The molecule has 30 heavy (non-hydrogen) atoms. The lowest BCUT2D eigenvalue weighted by atomic mass is 10.2. The molecule has 160 valence electrons. The predicted octanol–water partition coefficient (Wildman–Crippen LogP) is 2.42. The third kappa shape index (κ3) is 6.18. The molecule has 2 amide bonds. The highest BCUT2D eigenvalue weighted by atomic mass is 35.5. The Morgan fingerprint density at radius 2 is 1.60 bits per heavy atom. The Labute approximate surface area is 181 Å². The molecule has 0 spiro atoms. The molecule has 0 aromatic heterocycles. The van der Waals surface area contributed by atoms with Crippen molar-refractivity contribution in [1.29, 1.82) is 0 Å². The van der Waals surface area contributed by atoms with E-state index in [9.17, 15) is 14.0 Å². The minimum Gasteiger partial charge on any atom is -0.367 e. The zero-order valence-corrected chi connectivity index (χ0v) is 17.5. The van der Waals surface area contributed by atoms with Gasteiger partial charge >= 0.3 is 11.8 Å². The van der Waals surface area contributed by atoms with Gasteiger partial charge in [0, 0.05) is 44.3 Å². The Morgan fingerprint density at radius 3 is 2.33 bits per heavy atom. The van der Waals surface area contributed by atoms with Gasteiger partial charge in [0.05, 0.1) is 5.69 Å². The summed E-state index contributed by atoms with van der Waals surface area (Å²) in [5.74, 6) is -1.51. The zero-order valence-electron chi connectivity index (χ0n) is 16.7. The lowest BCUT2D eigenvalue weighted by molar-refractivity contribution is -0.139. The molecule has 1 fully saturated rings. The number of anilines is 1. The van der Waals surface area contributed by atoms with Crippen molar-refractivity contribution in [2.45, 2.75) is 13.0 Å². The van der Waals surface area contributed by atoms with E-state index >= 15 is 0 Å². The van der Waals surface area contributed by atoms with Crippen molar-refractivity contribution in [3.05, 3.63) is 64.9 Å². The average Bonchev–Trinajstić information content (AvgIpc) is 2.76. The number of carbonyl (C=O) groups is 2. The summed E-state index contributed by atoms with van der Waals surface area (Å²) in [4.78, 5) is 28.2. The summed E-state index contributed by atoms with van der Waals surface area (Å²) in [5, 5.41) is 5.77. The van der Waals surface area contributed by atoms with Crippen molar-refractivity contribution in [3.63, 3.8) is 0 Å². The molecule has 1 heterocycles. The maximum absolute atomic E-state index is 13.9. The van der Waals surface area contributed by atoms with Gasteiger partial charge in [0.15, 0.2) is 0 Å². The number of nitrogens with one attached hydrogen (secondary N) is 2. The Kier molecular flexibility index (Phi) is 8.04. The van der Waals surface area contributed by atoms with Gasteiger partial charge in [-0.3, -0.25) is 14.5 Å². The highest BCUT2D eigenvalue weighted by Gasteiger charge is 2.19. The third-order valence-electron chi connectivity index (χ3n) is 5.11. The summed E-state index contributed by atoms with van der Waals surface area (Å²) in [6.45, 7) is 4.63. The first kappa shape index (κ1) is 22.1. The molecule has 8 heteroatoms. The fourth-order valence-corrected chi connectivity index (χ4v) is 3.61. The van der Waals surface area contributed by atoms with E-state index in [2.05, 4.69) is 20.4 Å². The van der Waals surface area contributed by atoms with Gasteiger partial charge < -0.3 is 15.5 Å². The molecule has 0 radical (unpaired) electrons. The first-order chi connectivity index (χ1) is 14.5. The van der Waals surface area contributed by atoms with Gasteiger partial charge in [-0.2, -0.15) is 0 Å². The first-order valence-electron chi connectivity index (χ1n) is 10.1. The van der Waals surface area contributed by atoms with Gasteiger partial charge in [-0.05, 0) is 36.7 Å². The van der Waals surface area contributed by atoms with Crippen LogP contribution in [0.2, 0.25) is 5.02 Å². The van der Waals surface area contributed by atoms with E-state index in [0.29, 0.717) is 17.3 Å². The van der Waals surface area contributed by atoms with E-state index in [4.69, 9.17) is 11.6 Å². The summed E-state index contributed by atoms with van der Waals surface area (Å²) < 4.78 is 13.9. The van der Waals surface area contributed by atoms with Crippen LogP contribution in [0.3, 0.4) is 0 Å². The Balaban J connectivity index is 1.30. The Bertz CT molecular complexity index is 872. The predicted molar refractivity (Wildman–Crippen MR) is 116 cm³/mol. The van der Waals surface area contributed by atoms with Crippen molar-refractivity contribution in [2.75, 3.05) is 44.2 Å². The van der Waals surface area contributed by atoms with E-state index in [1.165, 1.54) is 6.07 Å². The number of benzene rings is 2. The molecule has 0 unspecified atom stereocenters. The third-order valence-corrected chi connectivity index (χ3v) is 5.47. The van der Waals surface area contributed by atoms with E-state index in [1.54, 1.807) is 30.3 Å². The van der Waals surface area contributed by atoms with E-state index in [0.717, 1.165) is 44.7 Å². The molecule has 1 aliphatic heterocycles. The lowest BCUT2D eigenvalue weighted by Gasteiger charge is -2.36. The number of amides is 2. The number of piperazine rings is 1. The van der Waals surface area contributed by atoms with Crippen LogP contribution in [0.15, 0.2) is 48.5 Å². The Hall–Kier alpha value is -2.64. The first-order valence-corrected chi connectivity index (χ1v) is 10.4. The summed E-state index contributed by atoms with van der Waals surface area (Å²) in [6.07, 6.45) is 0.739. The maximum atomic E-state index is 13.9. The summed E-state index contributed by atoms with van der Waals surface area (Å²) >= 11 is 6.04. The van der Waals surface area contributed by atoms with E-state index in [-0.39, 0.29) is 12.4 Å². The second kappa shape index (κ2) is 10.9. The van der Waals surface area contributed by atoms with Crippen molar-refractivity contribution >= 4 is 29.1 Å². The molecule has 2 aromatic rings. The van der Waals surface area contributed by atoms with Crippen molar-refractivity contribution < 1.29 is 14.0 Å². The molecule has 6 nitrogen and oxygen atoms in total. The molecule has 2 N–H and O–H groups in total. The average molecular weight is 433 g/mol. The fraction of sp³-hybridized carbons (Fsp3) is 0.364. The van der Waals surface area contributed by atoms with Crippen LogP contribution in [0, 0.1) is 5.82 Å². The molecular weight excluding hydrogens is 407 g/mol. The van der Waals surface area contributed by atoms with Crippen molar-refractivity contribution in [3.8, 4) is 0 Å². The monoisotopic (exact) mass is 432 g/mol. The molecule has 2 aromatic carbocycles. The number of para-hydroxylation sites is 1. The molecule has 0 saturated carbocycles. The number of hydrogen-bond acceptors (Lipinski definition) is 4. The minimum absolute atomic E-state index is 0.193. The van der Waals surface area contributed by atoms with Crippen LogP contribution in [0.4, 0.5) is 10.1 Å². The highest BCUT2D eigenvalue weighted by Crippen LogP contribution is 2.20. The van der Waals surface area contributed by atoms with Crippen LogP contribution in [0.5, 0.6) is 0 Å². The maximum Gasteiger partial charge on any atom is 0.309 e. The molecule has 0 bridgehead atoms. The van der Waals surface area contributed by atoms with Crippen molar-refractivity contribution in [2.24, 2.45) is 0 Å². The van der Waals surface area contributed by atoms with Crippen LogP contribution in [0.1, 0.15) is 12.0 Å². The normalized spacial score (nSPS) is 14.4. The number of hydrogen-bond donors (Lipinski definition) is 2. The molecule has 0 aliphatic carbocycles. The second-order valence-electron chi connectivity index (χ2n) is 7.16. The van der Waals surface area contributed by atoms with Gasteiger partial charge in [-0.25, -0.2) is 4.39 Å². The molecule has 1 saturated heterocycles. The number of rotatable bonds is 7. The largest absolute Gasteiger partial charge is 0.367 e.